The van der Waals surface area contributed by atoms with Crippen molar-refractivity contribution < 1.29 is 9.59 Å². The molecule has 1 aliphatic rings. The maximum Gasteiger partial charge on any atom is 0.240 e. The van der Waals surface area contributed by atoms with Crippen LogP contribution in [0.3, 0.4) is 0 Å². The molecule has 1 N–H and O–H groups in total. The van der Waals surface area contributed by atoms with E-state index >= 15 is 0 Å². The average Bonchev–Trinajstić information content (AvgIpc) is 2.65. The molecule has 0 saturated carbocycles. The topological polar surface area (TPSA) is 49.4 Å². The fourth-order valence-corrected chi connectivity index (χ4v) is 1.49. The van der Waals surface area contributed by atoms with Crippen molar-refractivity contribution in [2.45, 2.75) is 6.42 Å². The molecule has 72 valence electrons. The van der Waals surface area contributed by atoms with Gasteiger partial charge in [-0.2, -0.15) is 0 Å². The van der Waals surface area contributed by atoms with Crippen LogP contribution in [0.2, 0.25) is 0 Å². The molecule has 4 heteroatoms. The van der Waals surface area contributed by atoms with Crippen LogP contribution in [0.15, 0.2) is 24.3 Å². The number of hydrogen-bond acceptors (Lipinski definition) is 3. The Kier molecular flexibility index (Phi) is 2.18. The predicted octanol–water partition coefficient (Wildman–Crippen LogP) is 0.740. The molecule has 0 aromatic heterocycles. The third-order valence-electron chi connectivity index (χ3n) is 2.18. The monoisotopic (exact) mass is 190 g/mol. The van der Waals surface area contributed by atoms with Crippen LogP contribution in [0.4, 0.5) is 5.69 Å². The lowest BCUT2D eigenvalue weighted by Crippen LogP contribution is -2.33. The number of carbonyl (C=O) groups excluding carboxylic acids is 2. The molecular weight excluding hydrogens is 180 g/mol. The Hall–Kier alpha value is -1.84. The second-order valence-electron chi connectivity index (χ2n) is 3.11. The van der Waals surface area contributed by atoms with Crippen molar-refractivity contribution in [3.8, 4) is 0 Å². The first-order chi connectivity index (χ1) is 6.81. The zero-order chi connectivity index (χ0) is 9.97. The average molecular weight is 190 g/mol. The van der Waals surface area contributed by atoms with Gasteiger partial charge in [-0.05, 0) is 12.1 Å². The predicted molar refractivity (Wildman–Crippen MR) is 51.9 cm³/mol. The van der Waals surface area contributed by atoms with Crippen molar-refractivity contribution in [1.82, 2.24) is 5.43 Å². The molecule has 4 nitrogen and oxygen atoms in total. The summed E-state index contributed by atoms with van der Waals surface area (Å²) < 4.78 is 0. The van der Waals surface area contributed by atoms with Crippen molar-refractivity contribution in [3.05, 3.63) is 29.8 Å². The second-order valence-corrected chi connectivity index (χ2v) is 3.11. The van der Waals surface area contributed by atoms with E-state index in [0.29, 0.717) is 18.5 Å². The molecule has 0 atom stereocenters. The van der Waals surface area contributed by atoms with E-state index in [-0.39, 0.29) is 5.91 Å². The van der Waals surface area contributed by atoms with E-state index in [4.69, 9.17) is 0 Å². The lowest BCUT2D eigenvalue weighted by atomic mass is 10.2. The molecule has 0 bridgehead atoms. The number of anilines is 1. The first-order valence-corrected chi connectivity index (χ1v) is 4.42. The van der Waals surface area contributed by atoms with Crippen molar-refractivity contribution in [2.75, 3.05) is 11.6 Å². The van der Waals surface area contributed by atoms with E-state index in [0.717, 1.165) is 12.0 Å². The summed E-state index contributed by atoms with van der Waals surface area (Å²) in [6.07, 6.45) is 1.27. The number of nitrogens with one attached hydrogen (secondary N) is 1. The Morgan fingerprint density at radius 3 is 2.79 bits per heavy atom. The van der Waals surface area contributed by atoms with Crippen LogP contribution in [0.25, 0.3) is 0 Å². The quantitative estimate of drug-likeness (QED) is 0.700. The molecule has 2 rings (SSSR count). The Labute approximate surface area is 81.5 Å². The molecule has 1 aromatic carbocycles. The van der Waals surface area contributed by atoms with Gasteiger partial charge in [-0.25, -0.2) is 0 Å². The van der Waals surface area contributed by atoms with Crippen LogP contribution in [0.1, 0.15) is 16.8 Å². The van der Waals surface area contributed by atoms with Gasteiger partial charge < -0.3 is 0 Å². The van der Waals surface area contributed by atoms with E-state index < -0.39 is 0 Å². The number of hydrazine groups is 1. The fraction of sp³-hybridized carbons (Fsp3) is 0.200. The van der Waals surface area contributed by atoms with E-state index in [1.165, 1.54) is 0 Å². The van der Waals surface area contributed by atoms with Gasteiger partial charge in [-0.1, -0.05) is 12.1 Å². The summed E-state index contributed by atoms with van der Waals surface area (Å²) in [6, 6.07) is 7.18. The summed E-state index contributed by atoms with van der Waals surface area (Å²) in [6.45, 7) is 0.615. The molecule has 1 aromatic rings. The number of rotatable bonds is 2. The number of benzene rings is 1. The molecule has 1 amide bonds. The molecule has 1 saturated heterocycles. The van der Waals surface area contributed by atoms with Crippen LogP contribution >= 0.6 is 0 Å². The zero-order valence-electron chi connectivity index (χ0n) is 7.56. The van der Waals surface area contributed by atoms with Crippen LogP contribution in [0, 0.1) is 0 Å². The first kappa shape index (κ1) is 8.74. The Morgan fingerprint density at radius 2 is 2.14 bits per heavy atom. The van der Waals surface area contributed by atoms with Crippen LogP contribution in [-0.4, -0.2) is 18.7 Å². The number of aldehydes is 1. The van der Waals surface area contributed by atoms with Gasteiger partial charge in [0.1, 0.15) is 0 Å². The highest BCUT2D eigenvalue weighted by atomic mass is 16.2. The SMILES string of the molecule is O=Cc1ccccc1N1CCC(=O)N1. The lowest BCUT2D eigenvalue weighted by molar-refractivity contribution is -0.119. The van der Waals surface area contributed by atoms with Crippen LogP contribution in [-0.2, 0) is 4.79 Å². The Balaban J connectivity index is 2.31. The molecule has 0 spiro atoms. The fourth-order valence-electron chi connectivity index (χ4n) is 1.49. The van der Waals surface area contributed by atoms with Gasteiger partial charge in [-0.15, -0.1) is 0 Å². The first-order valence-electron chi connectivity index (χ1n) is 4.42. The lowest BCUT2D eigenvalue weighted by Gasteiger charge is -2.18. The van der Waals surface area contributed by atoms with Crippen LogP contribution < -0.4 is 10.4 Å². The summed E-state index contributed by atoms with van der Waals surface area (Å²) in [4.78, 5) is 21.7. The standard InChI is InChI=1S/C10H10N2O2/c13-7-8-3-1-2-4-9(8)12-6-5-10(14)11-12/h1-4,7H,5-6H2,(H,11,14). The normalized spacial score (nSPS) is 15.4. The molecule has 1 aliphatic heterocycles. The zero-order valence-corrected chi connectivity index (χ0v) is 7.56. The number of para-hydroxylation sites is 1. The summed E-state index contributed by atoms with van der Waals surface area (Å²) in [5, 5.41) is 1.70. The molecule has 1 heterocycles. The number of nitrogens with zero attached hydrogens (tertiary/aromatic N) is 1. The third-order valence-corrected chi connectivity index (χ3v) is 2.18. The van der Waals surface area contributed by atoms with Gasteiger partial charge in [0.2, 0.25) is 5.91 Å². The smallest absolute Gasteiger partial charge is 0.240 e. The molecule has 0 radical (unpaired) electrons. The summed E-state index contributed by atoms with van der Waals surface area (Å²) in [7, 11) is 0. The molecule has 0 unspecified atom stereocenters. The minimum atomic E-state index is -0.00861. The van der Waals surface area contributed by atoms with Gasteiger partial charge in [0.15, 0.2) is 6.29 Å². The van der Waals surface area contributed by atoms with E-state index in [1.54, 1.807) is 17.1 Å². The number of carbonyl (C=O) groups is 2. The minimum Gasteiger partial charge on any atom is -0.298 e. The maximum atomic E-state index is 11.0. The highest BCUT2D eigenvalue weighted by molar-refractivity contribution is 5.88. The molecular formula is C10H10N2O2. The van der Waals surface area contributed by atoms with E-state index in [9.17, 15) is 9.59 Å². The van der Waals surface area contributed by atoms with Gasteiger partial charge in [0.05, 0.1) is 5.69 Å². The third kappa shape index (κ3) is 1.46. The summed E-state index contributed by atoms with van der Waals surface area (Å²) in [5.74, 6) is -0.00861. The summed E-state index contributed by atoms with van der Waals surface area (Å²) >= 11 is 0. The number of amides is 1. The molecule has 14 heavy (non-hydrogen) atoms. The van der Waals surface area contributed by atoms with Crippen molar-refractivity contribution >= 4 is 17.9 Å². The summed E-state index contributed by atoms with van der Waals surface area (Å²) in [5.41, 5.74) is 4.03. The van der Waals surface area contributed by atoms with Crippen molar-refractivity contribution in [2.24, 2.45) is 0 Å². The van der Waals surface area contributed by atoms with Crippen molar-refractivity contribution in [3.63, 3.8) is 0 Å². The largest absolute Gasteiger partial charge is 0.298 e. The Morgan fingerprint density at radius 1 is 1.36 bits per heavy atom. The highest BCUT2D eigenvalue weighted by Gasteiger charge is 2.20. The van der Waals surface area contributed by atoms with Gasteiger partial charge in [0.25, 0.3) is 0 Å². The van der Waals surface area contributed by atoms with Crippen molar-refractivity contribution in [1.29, 1.82) is 0 Å². The molecule has 0 aliphatic carbocycles. The van der Waals surface area contributed by atoms with Gasteiger partial charge in [-0.3, -0.25) is 20.0 Å². The maximum absolute atomic E-state index is 11.0. The minimum absolute atomic E-state index is 0.00861. The van der Waals surface area contributed by atoms with E-state index in [2.05, 4.69) is 5.43 Å². The second kappa shape index (κ2) is 3.49. The van der Waals surface area contributed by atoms with Gasteiger partial charge in [0, 0.05) is 18.5 Å². The Bertz CT molecular complexity index is 376. The molecule has 1 fully saturated rings. The van der Waals surface area contributed by atoms with Crippen LogP contribution in [0.5, 0.6) is 0 Å². The van der Waals surface area contributed by atoms with E-state index in [1.807, 2.05) is 12.1 Å². The van der Waals surface area contributed by atoms with Gasteiger partial charge >= 0.3 is 0 Å². The number of hydrogen-bond donors (Lipinski definition) is 1. The highest BCUT2D eigenvalue weighted by Crippen LogP contribution is 2.19.